The van der Waals surface area contributed by atoms with Crippen molar-refractivity contribution in [1.29, 1.82) is 0 Å². The van der Waals surface area contributed by atoms with Crippen LogP contribution in [0.15, 0.2) is 42.7 Å². The number of ether oxygens (including phenoxy) is 1. The second kappa shape index (κ2) is 8.03. The van der Waals surface area contributed by atoms with E-state index in [1.165, 1.54) is 0 Å². The molecule has 2 amide bonds. The summed E-state index contributed by atoms with van der Waals surface area (Å²) in [6, 6.07) is 9.02. The Hall–Kier alpha value is -2.83. The molecule has 0 spiro atoms. The van der Waals surface area contributed by atoms with Gasteiger partial charge in [0.15, 0.2) is 0 Å². The van der Waals surface area contributed by atoms with Gasteiger partial charge in [-0.2, -0.15) is 5.10 Å². The zero-order valence-electron chi connectivity index (χ0n) is 15.2. The van der Waals surface area contributed by atoms with E-state index < -0.39 is 0 Å². The van der Waals surface area contributed by atoms with E-state index in [1.54, 1.807) is 35.0 Å². The van der Waals surface area contributed by atoms with Gasteiger partial charge in [-0.05, 0) is 31.2 Å². The summed E-state index contributed by atoms with van der Waals surface area (Å²) < 4.78 is 6.97. The Kier molecular flexibility index (Phi) is 5.55. The van der Waals surface area contributed by atoms with Crippen molar-refractivity contribution in [1.82, 2.24) is 19.6 Å². The van der Waals surface area contributed by atoms with Crippen LogP contribution in [0.5, 0.6) is 5.75 Å². The second-order valence-corrected chi connectivity index (χ2v) is 6.44. The van der Waals surface area contributed by atoms with Crippen LogP contribution in [-0.2, 0) is 4.79 Å². The van der Waals surface area contributed by atoms with Gasteiger partial charge in [0.1, 0.15) is 5.75 Å². The molecular formula is C19H24N4O3. The molecule has 2 aromatic rings. The van der Waals surface area contributed by atoms with Crippen molar-refractivity contribution in [3.63, 3.8) is 0 Å². The Morgan fingerprint density at radius 3 is 2.54 bits per heavy atom. The molecule has 0 N–H and O–H groups in total. The number of amides is 2. The smallest absolute Gasteiger partial charge is 0.254 e. The van der Waals surface area contributed by atoms with Crippen molar-refractivity contribution in [3.8, 4) is 5.75 Å². The molecule has 0 saturated carbocycles. The van der Waals surface area contributed by atoms with Gasteiger partial charge in [0.05, 0.1) is 13.2 Å². The highest BCUT2D eigenvalue weighted by molar-refractivity contribution is 5.94. The zero-order chi connectivity index (χ0) is 18.5. The predicted octanol–water partition coefficient (Wildman–Crippen LogP) is 1.83. The van der Waals surface area contributed by atoms with Gasteiger partial charge in [-0.15, -0.1) is 0 Å². The van der Waals surface area contributed by atoms with Crippen molar-refractivity contribution in [2.75, 3.05) is 33.3 Å². The van der Waals surface area contributed by atoms with Crippen LogP contribution < -0.4 is 4.74 Å². The number of aromatic nitrogens is 2. The van der Waals surface area contributed by atoms with Crippen LogP contribution in [0.3, 0.4) is 0 Å². The van der Waals surface area contributed by atoms with E-state index in [1.807, 2.05) is 36.2 Å². The molecule has 1 fully saturated rings. The summed E-state index contributed by atoms with van der Waals surface area (Å²) in [7, 11) is 1.58. The fourth-order valence-electron chi connectivity index (χ4n) is 3.11. The standard InChI is InChI=1S/C19H24N4O3/c1-15(23-8-4-7-20-23)13-18(24)21-9-11-22(12-10-21)19(25)16-5-3-6-17(14-16)26-2/h3-8,14-15H,9-13H2,1-2H3. The molecule has 2 heterocycles. The molecule has 1 saturated heterocycles. The molecule has 1 aliphatic heterocycles. The van der Waals surface area contributed by atoms with E-state index in [0.29, 0.717) is 43.9 Å². The van der Waals surface area contributed by atoms with Crippen molar-refractivity contribution < 1.29 is 14.3 Å². The summed E-state index contributed by atoms with van der Waals surface area (Å²) >= 11 is 0. The number of nitrogens with zero attached hydrogens (tertiary/aromatic N) is 4. The zero-order valence-corrected chi connectivity index (χ0v) is 15.2. The van der Waals surface area contributed by atoms with Gasteiger partial charge in [0, 0.05) is 50.6 Å². The van der Waals surface area contributed by atoms with Crippen LogP contribution in [0.1, 0.15) is 29.7 Å². The topological polar surface area (TPSA) is 67.7 Å². The first-order valence-corrected chi connectivity index (χ1v) is 8.78. The van der Waals surface area contributed by atoms with Crippen molar-refractivity contribution in [2.45, 2.75) is 19.4 Å². The largest absolute Gasteiger partial charge is 0.497 e. The third-order valence-corrected chi connectivity index (χ3v) is 4.68. The lowest BCUT2D eigenvalue weighted by molar-refractivity contribution is -0.133. The summed E-state index contributed by atoms with van der Waals surface area (Å²) in [5.74, 6) is 0.736. The van der Waals surface area contributed by atoms with Crippen LogP contribution >= 0.6 is 0 Å². The fourth-order valence-corrected chi connectivity index (χ4v) is 3.11. The van der Waals surface area contributed by atoms with Crippen LogP contribution in [0.4, 0.5) is 0 Å². The van der Waals surface area contributed by atoms with Gasteiger partial charge in [-0.3, -0.25) is 14.3 Å². The van der Waals surface area contributed by atoms with Crippen LogP contribution in [0, 0.1) is 0 Å². The average molecular weight is 356 g/mol. The average Bonchev–Trinajstić information content (AvgIpc) is 3.22. The van der Waals surface area contributed by atoms with E-state index >= 15 is 0 Å². The molecule has 1 unspecified atom stereocenters. The van der Waals surface area contributed by atoms with Gasteiger partial charge < -0.3 is 14.5 Å². The molecule has 0 bridgehead atoms. The first kappa shape index (κ1) is 18.0. The Labute approximate surface area is 153 Å². The summed E-state index contributed by atoms with van der Waals surface area (Å²) in [4.78, 5) is 28.7. The number of carbonyl (C=O) groups excluding carboxylic acids is 2. The van der Waals surface area contributed by atoms with Crippen LogP contribution in [0.2, 0.25) is 0 Å². The predicted molar refractivity (Wildman–Crippen MR) is 97.0 cm³/mol. The first-order chi connectivity index (χ1) is 12.6. The quantitative estimate of drug-likeness (QED) is 0.820. The van der Waals surface area contributed by atoms with E-state index in [-0.39, 0.29) is 17.9 Å². The van der Waals surface area contributed by atoms with E-state index in [2.05, 4.69) is 5.10 Å². The number of piperazine rings is 1. The maximum Gasteiger partial charge on any atom is 0.254 e. The lowest BCUT2D eigenvalue weighted by atomic mass is 10.1. The minimum atomic E-state index is -0.0269. The second-order valence-electron chi connectivity index (χ2n) is 6.44. The lowest BCUT2D eigenvalue weighted by Crippen LogP contribution is -2.50. The summed E-state index contributed by atoms with van der Waals surface area (Å²) in [6.07, 6.45) is 3.98. The van der Waals surface area contributed by atoms with Gasteiger partial charge >= 0.3 is 0 Å². The highest BCUT2D eigenvalue weighted by atomic mass is 16.5. The van der Waals surface area contributed by atoms with Crippen LogP contribution in [0.25, 0.3) is 0 Å². The van der Waals surface area contributed by atoms with E-state index in [9.17, 15) is 9.59 Å². The van der Waals surface area contributed by atoms with Gasteiger partial charge in [0.25, 0.3) is 5.91 Å². The molecule has 3 rings (SSSR count). The number of hydrogen-bond acceptors (Lipinski definition) is 4. The summed E-state index contributed by atoms with van der Waals surface area (Å²) in [5.41, 5.74) is 0.608. The molecule has 0 aliphatic carbocycles. The van der Waals surface area contributed by atoms with E-state index in [0.717, 1.165) is 0 Å². The maximum absolute atomic E-state index is 12.6. The third kappa shape index (κ3) is 4.04. The number of hydrogen-bond donors (Lipinski definition) is 0. The van der Waals surface area contributed by atoms with Crippen molar-refractivity contribution >= 4 is 11.8 Å². The van der Waals surface area contributed by atoms with Gasteiger partial charge in [0.2, 0.25) is 5.91 Å². The summed E-state index contributed by atoms with van der Waals surface area (Å²) in [5, 5.41) is 4.18. The molecule has 7 heteroatoms. The first-order valence-electron chi connectivity index (χ1n) is 8.78. The minimum Gasteiger partial charge on any atom is -0.497 e. The van der Waals surface area contributed by atoms with Gasteiger partial charge in [-0.25, -0.2) is 0 Å². The third-order valence-electron chi connectivity index (χ3n) is 4.68. The van der Waals surface area contributed by atoms with Crippen LogP contribution in [-0.4, -0.2) is 64.7 Å². The lowest BCUT2D eigenvalue weighted by Gasteiger charge is -2.35. The number of benzene rings is 1. The highest BCUT2D eigenvalue weighted by Gasteiger charge is 2.26. The molecule has 1 aromatic heterocycles. The molecule has 7 nitrogen and oxygen atoms in total. The van der Waals surface area contributed by atoms with Crippen molar-refractivity contribution in [3.05, 3.63) is 48.3 Å². The monoisotopic (exact) mass is 356 g/mol. The Bertz CT molecular complexity index is 752. The number of rotatable bonds is 5. The molecule has 26 heavy (non-hydrogen) atoms. The molecule has 1 aromatic carbocycles. The number of methoxy groups -OCH3 is 1. The summed E-state index contributed by atoms with van der Waals surface area (Å²) in [6.45, 7) is 4.17. The molecular weight excluding hydrogens is 332 g/mol. The molecule has 138 valence electrons. The van der Waals surface area contributed by atoms with Crippen molar-refractivity contribution in [2.24, 2.45) is 0 Å². The maximum atomic E-state index is 12.6. The highest BCUT2D eigenvalue weighted by Crippen LogP contribution is 2.17. The SMILES string of the molecule is COc1cccc(C(=O)N2CCN(C(=O)CC(C)n3cccn3)CC2)c1. The molecule has 0 radical (unpaired) electrons. The minimum absolute atomic E-state index is 0.0222. The van der Waals surface area contributed by atoms with Gasteiger partial charge in [-0.1, -0.05) is 6.07 Å². The fraction of sp³-hybridized carbons (Fsp3) is 0.421. The molecule has 1 atom stereocenters. The van der Waals surface area contributed by atoms with E-state index in [4.69, 9.17) is 4.74 Å². The number of carbonyl (C=O) groups is 2. The Morgan fingerprint density at radius 2 is 1.88 bits per heavy atom. The Balaban J connectivity index is 1.53. The Morgan fingerprint density at radius 1 is 1.15 bits per heavy atom. The normalized spacial score (nSPS) is 15.6. The molecule has 1 aliphatic rings.